The van der Waals surface area contributed by atoms with Crippen LogP contribution < -0.4 is 4.74 Å². The van der Waals surface area contributed by atoms with Gasteiger partial charge in [0.15, 0.2) is 0 Å². The van der Waals surface area contributed by atoms with E-state index in [2.05, 4.69) is 35.0 Å². The number of nitrogens with zero attached hydrogens (tertiary/aromatic N) is 2. The summed E-state index contributed by atoms with van der Waals surface area (Å²) in [6, 6.07) is 12.7. The van der Waals surface area contributed by atoms with Gasteiger partial charge in [0.25, 0.3) is 0 Å². The summed E-state index contributed by atoms with van der Waals surface area (Å²) in [6.45, 7) is 2.72. The molecular formula is C23H28N2O2. The van der Waals surface area contributed by atoms with Crippen LogP contribution in [0.1, 0.15) is 55.8 Å². The molecule has 1 atom stereocenters. The zero-order valence-corrected chi connectivity index (χ0v) is 16.1. The number of carbonyl (C=O) groups is 1. The molecule has 0 spiro atoms. The molecule has 1 aromatic heterocycles. The summed E-state index contributed by atoms with van der Waals surface area (Å²) in [7, 11) is 0. The van der Waals surface area contributed by atoms with Gasteiger partial charge in [-0.15, -0.1) is 0 Å². The molecule has 142 valence electrons. The number of aromatic nitrogens is 1. The average Bonchev–Trinajstić information content (AvgIpc) is 3.33. The van der Waals surface area contributed by atoms with Crippen molar-refractivity contribution >= 4 is 5.91 Å². The maximum Gasteiger partial charge on any atom is 0.223 e. The van der Waals surface area contributed by atoms with Gasteiger partial charge in [-0.1, -0.05) is 31.0 Å². The zero-order valence-electron chi connectivity index (χ0n) is 16.1. The maximum absolute atomic E-state index is 13.1. The molecule has 1 aromatic carbocycles. The second-order valence-corrected chi connectivity index (χ2v) is 7.86. The summed E-state index contributed by atoms with van der Waals surface area (Å²) >= 11 is 0. The van der Waals surface area contributed by atoms with E-state index in [-0.39, 0.29) is 12.0 Å². The number of aryl methyl sites for hydroxylation is 1. The topological polar surface area (TPSA) is 42.4 Å². The van der Waals surface area contributed by atoms with Crippen LogP contribution in [0.5, 0.6) is 5.75 Å². The zero-order chi connectivity index (χ0) is 18.6. The van der Waals surface area contributed by atoms with Gasteiger partial charge in [-0.2, -0.15) is 0 Å². The van der Waals surface area contributed by atoms with Crippen LogP contribution in [0.4, 0.5) is 0 Å². The highest BCUT2D eigenvalue weighted by Gasteiger charge is 2.27. The third-order valence-corrected chi connectivity index (χ3v) is 5.73. The van der Waals surface area contributed by atoms with Crippen LogP contribution in [0.15, 0.2) is 42.6 Å². The van der Waals surface area contributed by atoms with Crippen LogP contribution in [0.3, 0.4) is 0 Å². The van der Waals surface area contributed by atoms with Gasteiger partial charge in [-0.3, -0.25) is 9.78 Å². The highest BCUT2D eigenvalue weighted by molar-refractivity contribution is 5.77. The van der Waals surface area contributed by atoms with E-state index in [1.165, 1.54) is 24.0 Å². The quantitative estimate of drug-likeness (QED) is 0.767. The molecule has 0 N–H and O–H groups in total. The molecule has 4 rings (SSSR count). The normalized spacial score (nSPS) is 18.9. The second kappa shape index (κ2) is 8.12. The molecule has 1 amide bonds. The Bertz CT molecular complexity index is 784. The summed E-state index contributed by atoms with van der Waals surface area (Å²) in [4.78, 5) is 19.6. The van der Waals surface area contributed by atoms with E-state index in [0.29, 0.717) is 19.0 Å². The maximum atomic E-state index is 13.1. The van der Waals surface area contributed by atoms with E-state index in [1.807, 2.05) is 18.2 Å². The van der Waals surface area contributed by atoms with Crippen molar-refractivity contribution in [3.05, 3.63) is 59.4 Å². The lowest BCUT2D eigenvalue weighted by Crippen LogP contribution is -2.38. The molecule has 27 heavy (non-hydrogen) atoms. The van der Waals surface area contributed by atoms with Gasteiger partial charge in [-0.05, 0) is 55.5 Å². The van der Waals surface area contributed by atoms with Crippen LogP contribution in [0.2, 0.25) is 0 Å². The van der Waals surface area contributed by atoms with E-state index in [4.69, 9.17) is 4.74 Å². The van der Waals surface area contributed by atoms with E-state index < -0.39 is 0 Å². The Kier molecular flexibility index (Phi) is 5.42. The molecule has 2 heterocycles. The predicted octanol–water partition coefficient (Wildman–Crippen LogP) is 4.31. The molecule has 1 fully saturated rings. The second-order valence-electron chi connectivity index (χ2n) is 7.86. The summed E-state index contributed by atoms with van der Waals surface area (Å²) in [5.41, 5.74) is 3.47. The highest BCUT2D eigenvalue weighted by Crippen LogP contribution is 2.30. The van der Waals surface area contributed by atoms with E-state index in [9.17, 15) is 4.79 Å². The Morgan fingerprint density at radius 2 is 2.07 bits per heavy atom. The Balaban J connectivity index is 1.41. The smallest absolute Gasteiger partial charge is 0.223 e. The van der Waals surface area contributed by atoms with Crippen LogP contribution in [-0.2, 0) is 24.2 Å². The van der Waals surface area contributed by atoms with Crippen molar-refractivity contribution in [3.63, 3.8) is 0 Å². The van der Waals surface area contributed by atoms with Crippen LogP contribution in [0, 0.1) is 0 Å². The summed E-state index contributed by atoms with van der Waals surface area (Å²) < 4.78 is 5.78. The minimum Gasteiger partial charge on any atom is -0.490 e. The average molecular weight is 364 g/mol. The first-order chi connectivity index (χ1) is 13.2. The third-order valence-electron chi connectivity index (χ3n) is 5.73. The van der Waals surface area contributed by atoms with Gasteiger partial charge in [0.2, 0.25) is 5.91 Å². The van der Waals surface area contributed by atoms with Gasteiger partial charge < -0.3 is 9.64 Å². The van der Waals surface area contributed by atoms with Crippen molar-refractivity contribution in [2.24, 2.45) is 0 Å². The summed E-state index contributed by atoms with van der Waals surface area (Å²) in [5.74, 6) is 1.25. The first-order valence-electron chi connectivity index (χ1n) is 10.2. The molecule has 0 saturated heterocycles. The largest absolute Gasteiger partial charge is 0.490 e. The number of benzene rings is 1. The van der Waals surface area contributed by atoms with Gasteiger partial charge in [0.1, 0.15) is 11.9 Å². The van der Waals surface area contributed by atoms with Gasteiger partial charge >= 0.3 is 0 Å². The number of ether oxygens (including phenoxy) is 1. The van der Waals surface area contributed by atoms with Gasteiger partial charge in [0, 0.05) is 25.1 Å². The standard InChI is InChI=1S/C23H28N2O2/c1-17-14-19-15-18(9-11-22(19)27-17)10-12-23(26)25(21-7-2-3-8-21)16-20-6-4-5-13-24-20/h4-6,9,11,13,15,17,21H,2-3,7-8,10,12,14,16H2,1H3. The lowest BCUT2D eigenvalue weighted by molar-refractivity contribution is -0.134. The predicted molar refractivity (Wildman–Crippen MR) is 106 cm³/mol. The number of fused-ring (bicyclic) bond motifs is 1. The molecule has 2 aliphatic rings. The Hall–Kier alpha value is -2.36. The summed E-state index contributed by atoms with van der Waals surface area (Å²) in [5, 5.41) is 0. The van der Waals surface area contributed by atoms with E-state index in [1.54, 1.807) is 6.20 Å². The monoisotopic (exact) mass is 364 g/mol. The first-order valence-corrected chi connectivity index (χ1v) is 10.2. The SMILES string of the molecule is CC1Cc2cc(CCC(=O)N(Cc3ccccn3)C3CCCC3)ccc2O1. The van der Waals surface area contributed by atoms with E-state index in [0.717, 1.165) is 37.1 Å². The van der Waals surface area contributed by atoms with Crippen molar-refractivity contribution in [1.29, 1.82) is 0 Å². The number of amides is 1. The Labute approximate surface area is 161 Å². The fourth-order valence-electron chi connectivity index (χ4n) is 4.33. The molecule has 0 radical (unpaired) electrons. The third kappa shape index (κ3) is 4.32. The van der Waals surface area contributed by atoms with Crippen LogP contribution in [-0.4, -0.2) is 27.9 Å². The lowest BCUT2D eigenvalue weighted by atomic mass is 10.0. The minimum atomic E-state index is 0.248. The Morgan fingerprint density at radius 3 is 2.85 bits per heavy atom. The van der Waals surface area contributed by atoms with Gasteiger partial charge in [-0.25, -0.2) is 0 Å². The minimum absolute atomic E-state index is 0.248. The van der Waals surface area contributed by atoms with Crippen LogP contribution in [0.25, 0.3) is 0 Å². The van der Waals surface area contributed by atoms with Crippen molar-refractivity contribution in [1.82, 2.24) is 9.88 Å². The molecule has 2 aromatic rings. The molecule has 1 unspecified atom stereocenters. The number of hydrogen-bond acceptors (Lipinski definition) is 3. The van der Waals surface area contributed by atoms with Crippen molar-refractivity contribution < 1.29 is 9.53 Å². The molecule has 4 nitrogen and oxygen atoms in total. The van der Waals surface area contributed by atoms with Gasteiger partial charge in [0.05, 0.1) is 12.2 Å². The lowest BCUT2D eigenvalue weighted by Gasteiger charge is -2.29. The van der Waals surface area contributed by atoms with Crippen molar-refractivity contribution in [2.75, 3.05) is 0 Å². The molecule has 0 bridgehead atoms. The molecule has 4 heteroatoms. The summed E-state index contributed by atoms with van der Waals surface area (Å²) in [6.07, 6.45) is 9.04. The first kappa shape index (κ1) is 18.0. The Morgan fingerprint density at radius 1 is 1.22 bits per heavy atom. The molecule has 1 saturated carbocycles. The molecule has 1 aliphatic heterocycles. The number of hydrogen-bond donors (Lipinski definition) is 0. The molecule has 1 aliphatic carbocycles. The number of rotatable bonds is 6. The highest BCUT2D eigenvalue weighted by atomic mass is 16.5. The van der Waals surface area contributed by atoms with Crippen LogP contribution >= 0.6 is 0 Å². The fraction of sp³-hybridized carbons (Fsp3) is 0.478. The fourth-order valence-corrected chi connectivity index (χ4v) is 4.33. The van der Waals surface area contributed by atoms with Crippen molar-refractivity contribution in [3.8, 4) is 5.75 Å². The number of pyridine rings is 1. The molecular weight excluding hydrogens is 336 g/mol. The van der Waals surface area contributed by atoms with Crippen molar-refractivity contribution in [2.45, 2.75) is 70.6 Å². The number of carbonyl (C=O) groups excluding carboxylic acids is 1. The van der Waals surface area contributed by atoms with E-state index >= 15 is 0 Å².